The number of rotatable bonds is 1. The van der Waals surface area contributed by atoms with Crippen LogP contribution < -0.4 is 0 Å². The van der Waals surface area contributed by atoms with E-state index in [4.69, 9.17) is 0 Å². The molecule has 0 atom stereocenters. The van der Waals surface area contributed by atoms with Crippen LogP contribution >= 0.6 is 0 Å². The molecule has 0 spiro atoms. The monoisotopic (exact) mass is 221 g/mol. The molecule has 3 rings (SSSR count). The minimum absolute atomic E-state index is 1.20. The molecule has 0 bridgehead atoms. The van der Waals surface area contributed by atoms with Crippen LogP contribution in [0.3, 0.4) is 0 Å². The number of fused-ring (bicyclic) bond motifs is 1. The summed E-state index contributed by atoms with van der Waals surface area (Å²) in [5, 5.41) is 1.27. The van der Waals surface area contributed by atoms with Crippen LogP contribution in [0.1, 0.15) is 11.1 Å². The Bertz CT molecular complexity index is 644. The van der Waals surface area contributed by atoms with Gasteiger partial charge in [0, 0.05) is 22.2 Å². The van der Waals surface area contributed by atoms with E-state index in [0.29, 0.717) is 0 Å². The zero-order valence-corrected chi connectivity index (χ0v) is 10.1. The minimum atomic E-state index is 1.20. The van der Waals surface area contributed by atoms with Crippen LogP contribution in [0.2, 0.25) is 0 Å². The van der Waals surface area contributed by atoms with E-state index in [1.165, 1.54) is 33.3 Å². The van der Waals surface area contributed by atoms with E-state index in [9.17, 15) is 0 Å². The third-order valence-electron chi connectivity index (χ3n) is 3.21. The molecule has 1 nitrogen and oxygen atoms in total. The second kappa shape index (κ2) is 3.77. The highest BCUT2D eigenvalue weighted by molar-refractivity contribution is 5.86. The summed E-state index contributed by atoms with van der Waals surface area (Å²) in [6, 6.07) is 17.2. The summed E-state index contributed by atoms with van der Waals surface area (Å²) < 4.78 is 0. The first-order valence-electron chi connectivity index (χ1n) is 5.89. The number of H-pyrrole nitrogens is 1. The Hall–Kier alpha value is -2.02. The largest absolute Gasteiger partial charge is 0.355 e. The van der Waals surface area contributed by atoms with Gasteiger partial charge in [-0.2, -0.15) is 0 Å². The number of nitrogens with one attached hydrogen (secondary N) is 1. The lowest BCUT2D eigenvalue weighted by atomic mass is 10.0. The summed E-state index contributed by atoms with van der Waals surface area (Å²) in [5.74, 6) is 0. The van der Waals surface area contributed by atoms with E-state index in [0.717, 1.165) is 0 Å². The van der Waals surface area contributed by atoms with Gasteiger partial charge in [0.1, 0.15) is 0 Å². The first-order valence-corrected chi connectivity index (χ1v) is 5.89. The second-order valence-corrected chi connectivity index (χ2v) is 4.59. The third kappa shape index (κ3) is 1.74. The molecular formula is C16H15N. The lowest BCUT2D eigenvalue weighted by Crippen LogP contribution is -1.84. The molecule has 0 amide bonds. The van der Waals surface area contributed by atoms with E-state index in [1.807, 2.05) is 0 Å². The van der Waals surface area contributed by atoms with Crippen LogP contribution in [-0.2, 0) is 0 Å². The average molecular weight is 221 g/mol. The first-order chi connectivity index (χ1) is 8.24. The summed E-state index contributed by atoms with van der Waals surface area (Å²) in [7, 11) is 0. The zero-order chi connectivity index (χ0) is 11.8. The van der Waals surface area contributed by atoms with Crippen molar-refractivity contribution < 1.29 is 0 Å². The number of benzene rings is 2. The Labute approximate surface area is 101 Å². The maximum atomic E-state index is 3.48. The van der Waals surface area contributed by atoms with Crippen molar-refractivity contribution in [2.24, 2.45) is 0 Å². The van der Waals surface area contributed by atoms with Crippen molar-refractivity contribution in [1.29, 1.82) is 0 Å². The van der Waals surface area contributed by atoms with Gasteiger partial charge in [-0.3, -0.25) is 0 Å². The topological polar surface area (TPSA) is 15.8 Å². The fraction of sp³-hybridized carbons (Fsp3) is 0.125. The number of aromatic amines is 1. The number of aromatic nitrogens is 1. The van der Waals surface area contributed by atoms with Gasteiger partial charge < -0.3 is 4.98 Å². The van der Waals surface area contributed by atoms with Gasteiger partial charge in [0.15, 0.2) is 0 Å². The number of aryl methyl sites for hydroxylation is 2. The van der Waals surface area contributed by atoms with E-state index >= 15 is 0 Å². The van der Waals surface area contributed by atoms with E-state index in [2.05, 4.69) is 67.4 Å². The summed E-state index contributed by atoms with van der Waals surface area (Å²) in [5.41, 5.74) is 6.29. The predicted octanol–water partition coefficient (Wildman–Crippen LogP) is 4.45. The molecule has 0 aliphatic carbocycles. The number of hydrogen-bond donors (Lipinski definition) is 1. The van der Waals surface area contributed by atoms with Crippen LogP contribution in [-0.4, -0.2) is 4.98 Å². The Morgan fingerprint density at radius 2 is 1.71 bits per heavy atom. The highest BCUT2D eigenvalue weighted by Crippen LogP contribution is 2.27. The van der Waals surface area contributed by atoms with Gasteiger partial charge in [-0.15, -0.1) is 0 Å². The van der Waals surface area contributed by atoms with Crippen molar-refractivity contribution >= 4 is 10.9 Å². The van der Waals surface area contributed by atoms with Crippen LogP contribution in [0, 0.1) is 13.8 Å². The maximum absolute atomic E-state index is 3.48. The van der Waals surface area contributed by atoms with Crippen molar-refractivity contribution in [3.05, 3.63) is 59.7 Å². The SMILES string of the molecule is Cc1ccc(C)c(-c2cc3ccccc3[nH]2)c1. The number of hydrogen-bond acceptors (Lipinski definition) is 0. The molecule has 1 aromatic heterocycles. The van der Waals surface area contributed by atoms with Gasteiger partial charge in [0.05, 0.1) is 0 Å². The Morgan fingerprint density at radius 3 is 2.53 bits per heavy atom. The third-order valence-corrected chi connectivity index (χ3v) is 3.21. The molecule has 0 aliphatic heterocycles. The quantitative estimate of drug-likeness (QED) is 0.624. The van der Waals surface area contributed by atoms with Gasteiger partial charge >= 0.3 is 0 Å². The molecule has 0 aliphatic rings. The fourth-order valence-corrected chi connectivity index (χ4v) is 2.24. The fourth-order valence-electron chi connectivity index (χ4n) is 2.24. The molecule has 3 aromatic rings. The normalized spacial score (nSPS) is 10.9. The summed E-state index contributed by atoms with van der Waals surface area (Å²) in [6.07, 6.45) is 0. The van der Waals surface area contributed by atoms with Crippen molar-refractivity contribution in [2.45, 2.75) is 13.8 Å². The molecule has 0 saturated carbocycles. The van der Waals surface area contributed by atoms with Gasteiger partial charge in [-0.05, 0) is 37.6 Å². The van der Waals surface area contributed by atoms with Crippen molar-refractivity contribution in [3.8, 4) is 11.3 Å². The van der Waals surface area contributed by atoms with Crippen molar-refractivity contribution in [3.63, 3.8) is 0 Å². The van der Waals surface area contributed by atoms with E-state index < -0.39 is 0 Å². The maximum Gasteiger partial charge on any atom is 0.0467 e. The molecule has 0 unspecified atom stereocenters. The standard InChI is InChI=1S/C16H15N/c1-11-7-8-12(2)14(9-11)16-10-13-5-3-4-6-15(13)17-16/h3-10,17H,1-2H3. The zero-order valence-electron chi connectivity index (χ0n) is 10.1. The highest BCUT2D eigenvalue weighted by atomic mass is 14.7. The molecular weight excluding hydrogens is 206 g/mol. The molecule has 0 saturated heterocycles. The molecule has 1 heterocycles. The van der Waals surface area contributed by atoms with E-state index in [-0.39, 0.29) is 0 Å². The Balaban J connectivity index is 2.23. The lowest BCUT2D eigenvalue weighted by Gasteiger charge is -2.04. The Morgan fingerprint density at radius 1 is 0.882 bits per heavy atom. The molecule has 17 heavy (non-hydrogen) atoms. The minimum Gasteiger partial charge on any atom is -0.355 e. The number of para-hydroxylation sites is 1. The van der Waals surface area contributed by atoms with Gasteiger partial charge in [-0.25, -0.2) is 0 Å². The smallest absolute Gasteiger partial charge is 0.0467 e. The van der Waals surface area contributed by atoms with Crippen LogP contribution in [0.25, 0.3) is 22.2 Å². The molecule has 0 fully saturated rings. The van der Waals surface area contributed by atoms with Crippen molar-refractivity contribution in [2.75, 3.05) is 0 Å². The molecule has 1 N–H and O–H groups in total. The molecule has 0 radical (unpaired) electrons. The van der Waals surface area contributed by atoms with Gasteiger partial charge in [0.25, 0.3) is 0 Å². The first kappa shape index (κ1) is 10.2. The summed E-state index contributed by atoms with van der Waals surface area (Å²) >= 11 is 0. The van der Waals surface area contributed by atoms with E-state index in [1.54, 1.807) is 0 Å². The highest BCUT2D eigenvalue weighted by Gasteiger charge is 2.05. The summed E-state index contributed by atoms with van der Waals surface area (Å²) in [4.78, 5) is 3.48. The molecule has 84 valence electrons. The average Bonchev–Trinajstić information content (AvgIpc) is 2.75. The van der Waals surface area contributed by atoms with Crippen molar-refractivity contribution in [1.82, 2.24) is 4.98 Å². The van der Waals surface area contributed by atoms with Crippen LogP contribution in [0.4, 0.5) is 0 Å². The predicted molar refractivity (Wildman–Crippen MR) is 73.2 cm³/mol. The summed E-state index contributed by atoms with van der Waals surface area (Å²) in [6.45, 7) is 4.28. The van der Waals surface area contributed by atoms with Crippen LogP contribution in [0.15, 0.2) is 48.5 Å². The molecule has 2 aromatic carbocycles. The van der Waals surface area contributed by atoms with Gasteiger partial charge in [-0.1, -0.05) is 35.9 Å². The Kier molecular flexibility index (Phi) is 2.25. The second-order valence-electron chi connectivity index (χ2n) is 4.59. The van der Waals surface area contributed by atoms with Crippen LogP contribution in [0.5, 0.6) is 0 Å². The van der Waals surface area contributed by atoms with Gasteiger partial charge in [0.2, 0.25) is 0 Å². The molecule has 1 heteroatoms. The lowest BCUT2D eigenvalue weighted by molar-refractivity contribution is 1.36.